The molecule has 0 radical (unpaired) electrons. The minimum Gasteiger partial charge on any atom is -0.496 e. The number of aliphatic hydroxyl groups excluding tert-OH is 4. The fourth-order valence-electron chi connectivity index (χ4n) is 9.89. The van der Waals surface area contributed by atoms with Crippen molar-refractivity contribution < 1.29 is 83.1 Å². The summed E-state index contributed by atoms with van der Waals surface area (Å²) in [5.74, 6) is -7.49. The number of benzene rings is 2. The molecular formula is C44H47N3O17S. The number of hydrogen-bond acceptors (Lipinski definition) is 17. The van der Waals surface area contributed by atoms with E-state index in [1.54, 1.807) is 30.3 Å². The maximum absolute atomic E-state index is 14.1. The summed E-state index contributed by atoms with van der Waals surface area (Å²) in [7, 11) is 1.30. The van der Waals surface area contributed by atoms with Crippen LogP contribution in [-0.4, -0.2) is 163 Å². The number of nitrogens with zero attached hydrogens (tertiary/aromatic N) is 1. The van der Waals surface area contributed by atoms with Crippen LogP contribution in [0.4, 0.5) is 4.79 Å². The van der Waals surface area contributed by atoms with E-state index in [-0.39, 0.29) is 46.7 Å². The third-order valence-corrected chi connectivity index (χ3v) is 14.4. The van der Waals surface area contributed by atoms with Crippen molar-refractivity contribution in [3.8, 4) is 5.75 Å². The lowest BCUT2D eigenvalue weighted by molar-refractivity contribution is -0.269. The second-order valence-electron chi connectivity index (χ2n) is 16.9. The van der Waals surface area contributed by atoms with Gasteiger partial charge in [-0.1, -0.05) is 42.5 Å². The molecule has 3 aliphatic carbocycles. The van der Waals surface area contributed by atoms with E-state index < -0.39 is 150 Å². The van der Waals surface area contributed by atoms with Gasteiger partial charge in [0.2, 0.25) is 5.91 Å². The van der Waals surface area contributed by atoms with E-state index in [1.807, 2.05) is 0 Å². The molecule has 20 nitrogen and oxygen atoms in total. The first-order valence-corrected chi connectivity index (χ1v) is 21.9. The number of carbonyl (C=O) groups is 7. The van der Waals surface area contributed by atoms with Gasteiger partial charge in [-0.05, 0) is 25.0 Å². The number of carbonyl (C=O) groups excluding carboxylic acids is 6. The molecule has 6 aliphatic rings. The number of hydrogen-bond donors (Lipinski definition) is 8. The standard InChI is InChI=1S/C44H47N3O17S/c1-18-35(51)23(45-43(59)62-16-20-17-65-41-33(40(56)47(41)34(20)42(57)58)46-27(50)11-19-7-4-3-5-8-19)12-28(63-18)64-25-14-44(60,26(49)15-48)13-22-30(25)39(55)32-31(37(22)53)36(52)21-9-6-10-24(61-2)29(21)38(32)54/h3-10,18,22-23,25,28,30,33,35,37,39,41,48,51,53,55,60H,11-17H2,1-2H3,(H,45,59)(H,46,50)(H,57,58)/t18?,22?,23?,25-,28?,30?,33+,35?,37?,39?,41+,44-/m0/s1. The van der Waals surface area contributed by atoms with Crippen molar-refractivity contribution in [1.29, 1.82) is 0 Å². The maximum atomic E-state index is 14.1. The van der Waals surface area contributed by atoms with E-state index in [0.717, 1.165) is 10.5 Å². The molecule has 2 aromatic carbocycles. The van der Waals surface area contributed by atoms with Gasteiger partial charge in [-0.25, -0.2) is 9.59 Å². The largest absolute Gasteiger partial charge is 0.496 e. The van der Waals surface area contributed by atoms with Crippen molar-refractivity contribution in [3.63, 3.8) is 0 Å². The summed E-state index contributed by atoms with van der Waals surface area (Å²) in [5, 5.41) is 70.9. The highest BCUT2D eigenvalue weighted by Crippen LogP contribution is 2.51. The predicted octanol–water partition coefficient (Wildman–Crippen LogP) is -0.618. The zero-order chi connectivity index (χ0) is 46.6. The fraction of sp³-hybridized carbons (Fsp3) is 0.477. The van der Waals surface area contributed by atoms with Crippen LogP contribution < -0.4 is 15.4 Å². The van der Waals surface area contributed by atoms with E-state index in [0.29, 0.717) is 0 Å². The number of alkyl carbamates (subject to hydrolysis) is 1. The number of rotatable bonds is 12. The molecule has 0 bridgehead atoms. The lowest BCUT2D eigenvalue weighted by Gasteiger charge is -2.52. The van der Waals surface area contributed by atoms with E-state index in [4.69, 9.17) is 18.9 Å². The van der Waals surface area contributed by atoms with Crippen molar-refractivity contribution in [2.45, 2.75) is 92.5 Å². The molecule has 3 amide bonds. The Hall–Kier alpha value is -5.52. The molecule has 21 heteroatoms. The zero-order valence-corrected chi connectivity index (χ0v) is 35.8. The second-order valence-corrected chi connectivity index (χ2v) is 18.0. The average Bonchev–Trinajstić information content (AvgIpc) is 3.28. The van der Waals surface area contributed by atoms with Gasteiger partial charge in [-0.15, -0.1) is 11.8 Å². The van der Waals surface area contributed by atoms with Gasteiger partial charge in [0.15, 0.2) is 23.6 Å². The second kappa shape index (κ2) is 18.0. The lowest BCUT2D eigenvalue weighted by atomic mass is 9.57. The minimum absolute atomic E-state index is 0.0197. The van der Waals surface area contributed by atoms with Crippen LogP contribution >= 0.6 is 11.8 Å². The van der Waals surface area contributed by atoms with Crippen LogP contribution in [0, 0.1) is 11.8 Å². The monoisotopic (exact) mass is 921 g/mol. The molecule has 3 aliphatic heterocycles. The first-order chi connectivity index (χ1) is 31.0. The Balaban J connectivity index is 0.957. The van der Waals surface area contributed by atoms with Crippen LogP contribution in [0.2, 0.25) is 0 Å². The first-order valence-electron chi connectivity index (χ1n) is 20.9. The Morgan fingerprint density at radius 1 is 0.954 bits per heavy atom. The number of amides is 3. The molecule has 2 saturated heterocycles. The average molecular weight is 922 g/mol. The van der Waals surface area contributed by atoms with Gasteiger partial charge in [0, 0.05) is 52.7 Å². The molecule has 1 saturated carbocycles. The Kier molecular flexibility index (Phi) is 12.8. The number of β-lactam (4-membered cyclic amide) rings is 1. The number of methoxy groups -OCH3 is 1. The van der Waals surface area contributed by atoms with Gasteiger partial charge in [0.1, 0.15) is 47.8 Å². The van der Waals surface area contributed by atoms with Crippen LogP contribution in [-0.2, 0) is 39.8 Å². The fourth-order valence-corrected chi connectivity index (χ4v) is 11.2. The van der Waals surface area contributed by atoms with Crippen LogP contribution in [0.3, 0.4) is 0 Å². The third kappa shape index (κ3) is 8.24. The molecule has 346 valence electrons. The van der Waals surface area contributed by atoms with E-state index in [1.165, 1.54) is 44.0 Å². The number of carboxylic acid groups (broad SMARTS) is 1. The molecule has 2 aromatic rings. The minimum atomic E-state index is -2.33. The summed E-state index contributed by atoms with van der Waals surface area (Å²) in [4.78, 5) is 93.5. The highest BCUT2D eigenvalue weighted by Gasteiger charge is 2.60. The van der Waals surface area contributed by atoms with Crippen molar-refractivity contribution in [2.24, 2.45) is 11.8 Å². The topological polar surface area (TPSA) is 305 Å². The lowest BCUT2D eigenvalue weighted by Crippen LogP contribution is -2.70. The number of nitrogens with one attached hydrogen (secondary N) is 2. The van der Waals surface area contributed by atoms with E-state index >= 15 is 0 Å². The van der Waals surface area contributed by atoms with Gasteiger partial charge < -0.3 is 60.2 Å². The zero-order valence-electron chi connectivity index (χ0n) is 34.9. The summed E-state index contributed by atoms with van der Waals surface area (Å²) in [6, 6.07) is 11.1. The number of aliphatic carboxylic acids is 1. The van der Waals surface area contributed by atoms with Crippen molar-refractivity contribution in [2.75, 3.05) is 26.1 Å². The number of fused-ring (bicyclic) bond motifs is 3. The van der Waals surface area contributed by atoms with Crippen molar-refractivity contribution >= 4 is 53.0 Å². The summed E-state index contributed by atoms with van der Waals surface area (Å²) < 4.78 is 23.0. The van der Waals surface area contributed by atoms with Crippen LogP contribution in [0.5, 0.6) is 5.75 Å². The van der Waals surface area contributed by atoms with E-state index in [9.17, 15) is 64.2 Å². The SMILES string of the molecule is COc1cccc2c1C(=O)C1=C(C2=O)C(O)C2C[C@@](O)(C(=O)CO)C[C@H](OC3CC(NC(=O)OCC4=C(C(=O)O)N5C(=O)[C@@H](NC(=O)Cc6ccccc6)[C@H]5SC4)C(O)C(C)O3)C2C1O. The highest BCUT2D eigenvalue weighted by molar-refractivity contribution is 8.00. The number of ether oxygens (including phenoxy) is 4. The quantitative estimate of drug-likeness (QED) is 0.123. The maximum Gasteiger partial charge on any atom is 0.407 e. The third-order valence-electron chi connectivity index (χ3n) is 13.0. The normalized spacial score (nSPS) is 32.9. The Labute approximate surface area is 374 Å². The van der Waals surface area contributed by atoms with Crippen LogP contribution in [0.15, 0.2) is 70.9 Å². The molecule has 3 heterocycles. The smallest absolute Gasteiger partial charge is 0.407 e. The molecule has 3 fully saturated rings. The molecule has 12 atom stereocenters. The van der Waals surface area contributed by atoms with Crippen molar-refractivity contribution in [1.82, 2.24) is 15.5 Å². The number of Topliss-reactive ketones (excluding diaryl/α,β-unsaturated/α-hetero) is 3. The molecule has 8 rings (SSSR count). The van der Waals surface area contributed by atoms with Gasteiger partial charge in [-0.3, -0.25) is 28.9 Å². The predicted molar refractivity (Wildman–Crippen MR) is 222 cm³/mol. The van der Waals surface area contributed by atoms with E-state index in [2.05, 4.69) is 10.6 Å². The molecule has 0 spiro atoms. The Morgan fingerprint density at radius 2 is 1.68 bits per heavy atom. The molecule has 65 heavy (non-hydrogen) atoms. The summed E-state index contributed by atoms with van der Waals surface area (Å²) in [5.41, 5.74) is -2.89. The first kappa shape index (κ1) is 46.0. The number of ketones is 3. The Morgan fingerprint density at radius 3 is 2.37 bits per heavy atom. The number of carboxylic acids is 1. The molecule has 0 aromatic heterocycles. The summed E-state index contributed by atoms with van der Waals surface area (Å²) in [6.07, 6.45) is -11.2. The molecule has 8 N–H and O–H groups in total. The molecule has 8 unspecified atom stereocenters. The Bertz CT molecular complexity index is 2390. The number of aliphatic hydroxyl groups is 5. The van der Waals surface area contributed by atoms with Crippen molar-refractivity contribution in [3.05, 3.63) is 87.6 Å². The molecular weight excluding hydrogens is 875 g/mol. The van der Waals surface area contributed by atoms with Gasteiger partial charge in [0.05, 0.1) is 49.6 Å². The van der Waals surface area contributed by atoms with Gasteiger partial charge in [0.25, 0.3) is 5.91 Å². The van der Waals surface area contributed by atoms with Gasteiger partial charge >= 0.3 is 12.1 Å². The number of thioether (sulfide) groups is 1. The van der Waals surface area contributed by atoms with Crippen LogP contribution in [0.25, 0.3) is 0 Å². The van der Waals surface area contributed by atoms with Crippen LogP contribution in [0.1, 0.15) is 52.5 Å². The summed E-state index contributed by atoms with van der Waals surface area (Å²) in [6.45, 7) is -0.194. The van der Waals surface area contributed by atoms with Gasteiger partial charge in [-0.2, -0.15) is 0 Å². The summed E-state index contributed by atoms with van der Waals surface area (Å²) >= 11 is 1.18. The highest BCUT2D eigenvalue weighted by atomic mass is 32.2.